The van der Waals surface area contributed by atoms with E-state index in [1.807, 2.05) is 17.0 Å². The number of hydrogen-bond donors (Lipinski definition) is 4. The minimum absolute atomic E-state index is 0.0184. The van der Waals surface area contributed by atoms with Gasteiger partial charge in [0.15, 0.2) is 0 Å². The van der Waals surface area contributed by atoms with Crippen molar-refractivity contribution in [1.82, 2.24) is 50.5 Å². The molecule has 6 aliphatic rings. The molecule has 0 spiro atoms. The van der Waals surface area contributed by atoms with Gasteiger partial charge in [0.1, 0.15) is 18.2 Å². The third-order valence-corrected chi connectivity index (χ3v) is 16.3. The van der Waals surface area contributed by atoms with E-state index < -0.39 is 23.7 Å². The molecule has 0 radical (unpaired) electrons. The quantitative estimate of drug-likeness (QED) is 0.154. The summed E-state index contributed by atoms with van der Waals surface area (Å²) in [5.74, 6) is 0.633. The van der Waals surface area contributed by atoms with Gasteiger partial charge in [0.25, 0.3) is 0 Å². The van der Waals surface area contributed by atoms with Crippen LogP contribution in [0, 0.1) is 23.7 Å². The Labute approximate surface area is 403 Å². The van der Waals surface area contributed by atoms with Crippen LogP contribution in [0.5, 0.6) is 0 Å². The summed E-state index contributed by atoms with van der Waals surface area (Å²) >= 11 is 0. The second-order valence-electron chi connectivity index (χ2n) is 21.2. The molecule has 3 aliphatic carbocycles. The van der Waals surface area contributed by atoms with Gasteiger partial charge in [-0.3, -0.25) is 34.0 Å². The number of nitrogens with zero attached hydrogens (tertiary/aromatic N) is 7. The minimum atomic E-state index is -4.53. The van der Waals surface area contributed by atoms with E-state index in [0.29, 0.717) is 48.9 Å². The lowest BCUT2D eigenvalue weighted by molar-refractivity contribution is -0.137. The van der Waals surface area contributed by atoms with Crippen molar-refractivity contribution >= 4 is 40.3 Å². The normalized spacial score (nSPS) is 30.5. The Kier molecular flexibility index (Phi) is 15.1. The van der Waals surface area contributed by atoms with Crippen molar-refractivity contribution in [1.29, 1.82) is 0 Å². The number of anilines is 1. The summed E-state index contributed by atoms with van der Waals surface area (Å²) in [6.45, 7) is 10.5. The molecule has 3 saturated carbocycles. The molecule has 374 valence electrons. The van der Waals surface area contributed by atoms with Crippen molar-refractivity contribution in [3.63, 3.8) is 0 Å². The second-order valence-corrected chi connectivity index (χ2v) is 21.2. The number of nitrogens with one attached hydrogen (secondary N) is 4. The number of halogens is 3. The van der Waals surface area contributed by atoms with Crippen LogP contribution in [0.1, 0.15) is 108 Å². The molecule has 3 saturated heterocycles. The molecule has 3 aliphatic heterocycles. The summed E-state index contributed by atoms with van der Waals surface area (Å²) in [5, 5.41) is 13.7. The number of pyridine rings is 1. The van der Waals surface area contributed by atoms with Gasteiger partial charge in [-0.05, 0) is 119 Å². The van der Waals surface area contributed by atoms with Gasteiger partial charge in [0, 0.05) is 94.6 Å². The number of likely N-dealkylation sites (tertiary alicyclic amines) is 2. The Hall–Kier alpha value is -4.94. The standard InChI is InChI=1S/C51H70F3N11O4/c1-31(2)28-57-36-9-13-44(65-18-15-42(50(65)69)60-47-39-25-35(51(52,53)54)8-12-41(39)58-30-59-47)43(26-36)61-48(67)33-6-10-37(11-7-33)63-19-21-64(22-20-63)38-23-32(24-38)14-17-56-49(68)40-27-45(66)62(3)46(40)34-5-4-16-55-29-34/h4-5,8,12,16,25,29-33,36-38,40,42-44,46,57H,6-7,9-11,13-15,17-24,26-28H2,1-3H3,(H,56,68)(H,61,67)(H,58,59,60)/t32?,33?,36-,37?,38?,40+,42+,43-,44+,46-/m1/s1. The molecule has 0 unspecified atom stereocenters. The van der Waals surface area contributed by atoms with Gasteiger partial charge < -0.3 is 31.1 Å². The molecular weight excluding hydrogens is 888 g/mol. The van der Waals surface area contributed by atoms with Crippen LogP contribution < -0.4 is 21.3 Å². The van der Waals surface area contributed by atoms with E-state index in [1.165, 1.54) is 12.4 Å². The van der Waals surface area contributed by atoms with Crippen LogP contribution in [0.15, 0.2) is 49.1 Å². The number of aromatic nitrogens is 3. The molecule has 3 aromatic rings. The number of carbonyl (C=O) groups is 4. The van der Waals surface area contributed by atoms with Crippen LogP contribution in [0.4, 0.5) is 19.0 Å². The number of hydrogen-bond acceptors (Lipinski definition) is 11. The van der Waals surface area contributed by atoms with Crippen LogP contribution >= 0.6 is 0 Å². The van der Waals surface area contributed by atoms with Crippen LogP contribution in [-0.4, -0.2) is 147 Å². The van der Waals surface area contributed by atoms with Crippen LogP contribution in [0.25, 0.3) is 10.9 Å². The predicted molar refractivity (Wildman–Crippen MR) is 255 cm³/mol. The predicted octanol–water partition coefficient (Wildman–Crippen LogP) is 5.39. The van der Waals surface area contributed by atoms with Gasteiger partial charge in [-0.2, -0.15) is 13.2 Å². The van der Waals surface area contributed by atoms with E-state index in [2.05, 4.69) is 59.9 Å². The zero-order valence-corrected chi connectivity index (χ0v) is 40.3. The number of alkyl halides is 3. The first-order chi connectivity index (χ1) is 33.2. The average molecular weight is 958 g/mol. The van der Waals surface area contributed by atoms with E-state index >= 15 is 0 Å². The van der Waals surface area contributed by atoms with E-state index in [-0.39, 0.29) is 71.3 Å². The number of amides is 4. The summed E-state index contributed by atoms with van der Waals surface area (Å²) in [6, 6.07) is 7.02. The van der Waals surface area contributed by atoms with Gasteiger partial charge >= 0.3 is 6.18 Å². The fraction of sp³-hybridized carbons (Fsp3) is 0.667. The van der Waals surface area contributed by atoms with Crippen LogP contribution in [0.2, 0.25) is 0 Å². The lowest BCUT2D eigenvalue weighted by atomic mass is 9.77. The Balaban J connectivity index is 0.719. The Morgan fingerprint density at radius 3 is 2.33 bits per heavy atom. The Bertz CT molecular complexity index is 2280. The molecule has 1 aromatic carbocycles. The number of rotatable bonds is 15. The molecule has 9 rings (SSSR count). The number of carbonyl (C=O) groups excluding carboxylic acids is 4. The van der Waals surface area contributed by atoms with E-state index in [0.717, 1.165) is 115 Å². The van der Waals surface area contributed by atoms with E-state index in [4.69, 9.17) is 0 Å². The molecule has 6 fully saturated rings. The average Bonchev–Trinajstić information content (AvgIpc) is 3.85. The van der Waals surface area contributed by atoms with Gasteiger partial charge in [-0.15, -0.1) is 0 Å². The summed E-state index contributed by atoms with van der Waals surface area (Å²) in [6.07, 6.45) is 10.1. The van der Waals surface area contributed by atoms with Crippen molar-refractivity contribution in [3.8, 4) is 0 Å². The zero-order chi connectivity index (χ0) is 48.4. The van der Waals surface area contributed by atoms with E-state index in [1.54, 1.807) is 24.3 Å². The lowest BCUT2D eigenvalue weighted by Crippen LogP contribution is -2.59. The summed E-state index contributed by atoms with van der Waals surface area (Å²) in [4.78, 5) is 75.5. The minimum Gasteiger partial charge on any atom is -0.358 e. The van der Waals surface area contributed by atoms with Gasteiger partial charge in [0.05, 0.1) is 35.1 Å². The molecule has 4 N–H and O–H groups in total. The molecule has 4 amide bonds. The number of benzene rings is 1. The monoisotopic (exact) mass is 958 g/mol. The molecule has 2 aromatic heterocycles. The molecule has 0 bridgehead atoms. The SMILES string of the molecule is CC(C)CN[C@@H]1CC[C@H](N2CC[C@H](Nc3ncnc4ccc(C(F)(F)F)cc34)C2=O)[C@H](NC(=O)C2CCC(N3CCN(C4CC(CCNC(=O)[C@H]5CC(=O)N(C)[C@@H]5c5cccnc5)C4)CC3)CC2)C1. The van der Waals surface area contributed by atoms with Crippen LogP contribution in [0.3, 0.4) is 0 Å². The molecule has 5 heterocycles. The smallest absolute Gasteiger partial charge is 0.358 e. The fourth-order valence-corrected chi connectivity index (χ4v) is 12.3. The first kappa shape index (κ1) is 49.1. The Morgan fingerprint density at radius 2 is 1.62 bits per heavy atom. The maximum absolute atomic E-state index is 14.1. The second kappa shape index (κ2) is 21.2. The third kappa shape index (κ3) is 11.2. The van der Waals surface area contributed by atoms with Gasteiger partial charge in [-0.25, -0.2) is 9.97 Å². The fourth-order valence-electron chi connectivity index (χ4n) is 12.3. The molecular formula is C51H70F3N11O4. The maximum atomic E-state index is 14.1. The molecule has 18 heteroatoms. The van der Waals surface area contributed by atoms with Crippen molar-refractivity contribution in [2.75, 3.05) is 58.2 Å². The third-order valence-electron chi connectivity index (χ3n) is 16.3. The molecule has 6 atom stereocenters. The largest absolute Gasteiger partial charge is 0.416 e. The van der Waals surface area contributed by atoms with Crippen LogP contribution in [-0.2, 0) is 25.4 Å². The maximum Gasteiger partial charge on any atom is 0.416 e. The summed E-state index contributed by atoms with van der Waals surface area (Å²) in [5.41, 5.74) is 0.441. The zero-order valence-electron chi connectivity index (χ0n) is 40.3. The highest BCUT2D eigenvalue weighted by atomic mass is 19.4. The van der Waals surface area contributed by atoms with Crippen molar-refractivity contribution in [2.45, 2.75) is 139 Å². The van der Waals surface area contributed by atoms with Crippen molar-refractivity contribution in [2.24, 2.45) is 23.7 Å². The highest BCUT2D eigenvalue weighted by Gasteiger charge is 2.45. The Morgan fingerprint density at radius 1 is 0.870 bits per heavy atom. The number of fused-ring (bicyclic) bond motifs is 1. The van der Waals surface area contributed by atoms with Gasteiger partial charge in [0.2, 0.25) is 23.6 Å². The van der Waals surface area contributed by atoms with Crippen molar-refractivity contribution < 1.29 is 32.3 Å². The highest BCUT2D eigenvalue weighted by Crippen LogP contribution is 2.39. The van der Waals surface area contributed by atoms with E-state index in [9.17, 15) is 32.3 Å². The molecule has 15 nitrogen and oxygen atoms in total. The van der Waals surface area contributed by atoms with Gasteiger partial charge in [-0.1, -0.05) is 19.9 Å². The first-order valence-electron chi connectivity index (χ1n) is 25.5. The molecule has 69 heavy (non-hydrogen) atoms. The number of piperazine rings is 1. The highest BCUT2D eigenvalue weighted by molar-refractivity contribution is 5.93. The topological polar surface area (TPSA) is 168 Å². The summed E-state index contributed by atoms with van der Waals surface area (Å²) < 4.78 is 40.9. The summed E-state index contributed by atoms with van der Waals surface area (Å²) in [7, 11) is 1.76. The lowest BCUT2D eigenvalue weighted by Gasteiger charge is -2.48. The van der Waals surface area contributed by atoms with Crippen molar-refractivity contribution in [3.05, 3.63) is 60.2 Å². The first-order valence-corrected chi connectivity index (χ1v) is 25.5.